The molecule has 0 saturated carbocycles. The number of likely N-dealkylation sites (N-methyl/N-ethyl adjacent to an activating group) is 1. The highest BCUT2D eigenvalue weighted by Gasteiger charge is 2.28. The van der Waals surface area contributed by atoms with Crippen LogP contribution < -0.4 is 0 Å². The van der Waals surface area contributed by atoms with Gasteiger partial charge in [-0.3, -0.25) is 0 Å². The third-order valence-corrected chi connectivity index (χ3v) is 4.48. The average molecular weight is 275 g/mol. The van der Waals surface area contributed by atoms with E-state index in [2.05, 4.69) is 0 Å². The van der Waals surface area contributed by atoms with Gasteiger partial charge in [0, 0.05) is 7.05 Å². The molecule has 1 aliphatic rings. The molecule has 0 aromatic heterocycles. The Morgan fingerprint density at radius 2 is 1.94 bits per heavy atom. The Bertz CT molecular complexity index is 514. The van der Waals surface area contributed by atoms with E-state index in [9.17, 15) is 12.8 Å². The second kappa shape index (κ2) is 5.31. The standard InChI is InChI=1S/C11H14FNO4S/c1-13(8-11-16-6-7-17-11)18(14,15)10-5-3-2-4-9(10)12/h2-5,11H,6-8H2,1H3. The third-order valence-electron chi connectivity index (χ3n) is 2.62. The van der Waals surface area contributed by atoms with E-state index in [1.807, 2.05) is 0 Å². The second-order valence-electron chi connectivity index (χ2n) is 3.89. The molecule has 1 aliphatic heterocycles. The van der Waals surface area contributed by atoms with Gasteiger partial charge in [0.2, 0.25) is 10.0 Å². The molecule has 7 heteroatoms. The Hall–Kier alpha value is -1.02. The van der Waals surface area contributed by atoms with Gasteiger partial charge < -0.3 is 9.47 Å². The molecule has 0 N–H and O–H groups in total. The van der Waals surface area contributed by atoms with Gasteiger partial charge in [0.1, 0.15) is 10.7 Å². The highest BCUT2D eigenvalue weighted by atomic mass is 32.2. The van der Waals surface area contributed by atoms with Crippen molar-refractivity contribution in [1.82, 2.24) is 4.31 Å². The van der Waals surface area contributed by atoms with Crippen LogP contribution in [0.25, 0.3) is 0 Å². The van der Waals surface area contributed by atoms with Gasteiger partial charge in [-0.15, -0.1) is 0 Å². The molecule has 0 bridgehead atoms. The Balaban J connectivity index is 2.17. The maximum Gasteiger partial charge on any atom is 0.245 e. The van der Waals surface area contributed by atoms with E-state index in [-0.39, 0.29) is 11.4 Å². The van der Waals surface area contributed by atoms with E-state index in [4.69, 9.17) is 9.47 Å². The number of ether oxygens (including phenoxy) is 2. The Kier molecular flexibility index (Phi) is 3.96. The van der Waals surface area contributed by atoms with E-state index < -0.39 is 22.1 Å². The van der Waals surface area contributed by atoms with Crippen LogP contribution in [0.2, 0.25) is 0 Å². The number of benzene rings is 1. The van der Waals surface area contributed by atoms with Crippen molar-refractivity contribution in [2.75, 3.05) is 26.8 Å². The maximum absolute atomic E-state index is 13.5. The number of hydrogen-bond donors (Lipinski definition) is 0. The summed E-state index contributed by atoms with van der Waals surface area (Å²) in [5.41, 5.74) is 0. The molecule has 0 aliphatic carbocycles. The lowest BCUT2D eigenvalue weighted by atomic mass is 10.4. The van der Waals surface area contributed by atoms with Gasteiger partial charge in [0.25, 0.3) is 0 Å². The normalized spacial score (nSPS) is 17.5. The second-order valence-corrected chi connectivity index (χ2v) is 5.90. The first-order valence-corrected chi connectivity index (χ1v) is 6.90. The molecule has 0 atom stereocenters. The Labute approximate surface area is 105 Å². The topological polar surface area (TPSA) is 55.8 Å². The summed E-state index contributed by atoms with van der Waals surface area (Å²) in [4.78, 5) is -0.342. The molecule has 2 rings (SSSR count). The summed E-state index contributed by atoms with van der Waals surface area (Å²) in [6, 6.07) is 5.27. The molecular weight excluding hydrogens is 261 g/mol. The summed E-state index contributed by atoms with van der Waals surface area (Å²) >= 11 is 0. The first-order chi connectivity index (χ1) is 8.51. The lowest BCUT2D eigenvalue weighted by Gasteiger charge is -2.20. The lowest BCUT2D eigenvalue weighted by molar-refractivity contribution is -0.0482. The van der Waals surface area contributed by atoms with Crippen LogP contribution in [0.3, 0.4) is 0 Å². The van der Waals surface area contributed by atoms with Gasteiger partial charge in [-0.05, 0) is 12.1 Å². The summed E-state index contributed by atoms with van der Waals surface area (Å²) < 4.78 is 49.1. The van der Waals surface area contributed by atoms with Gasteiger partial charge >= 0.3 is 0 Å². The molecule has 1 heterocycles. The molecule has 0 spiro atoms. The number of sulfonamides is 1. The molecule has 1 aromatic rings. The van der Waals surface area contributed by atoms with Crippen molar-refractivity contribution in [1.29, 1.82) is 0 Å². The molecule has 0 radical (unpaired) electrons. The van der Waals surface area contributed by atoms with Crippen molar-refractivity contribution in [3.05, 3.63) is 30.1 Å². The number of nitrogens with zero attached hydrogens (tertiary/aromatic N) is 1. The average Bonchev–Trinajstić information content (AvgIpc) is 2.82. The summed E-state index contributed by atoms with van der Waals surface area (Å²) in [5.74, 6) is -0.766. The number of hydrogen-bond acceptors (Lipinski definition) is 4. The predicted molar refractivity (Wildman–Crippen MR) is 61.9 cm³/mol. The van der Waals surface area contributed by atoms with E-state index in [0.29, 0.717) is 13.2 Å². The van der Waals surface area contributed by atoms with Crippen LogP contribution in [0.15, 0.2) is 29.2 Å². The fraction of sp³-hybridized carbons (Fsp3) is 0.455. The first kappa shape index (κ1) is 13.4. The van der Waals surface area contributed by atoms with Crippen LogP contribution in [0, 0.1) is 5.82 Å². The number of rotatable bonds is 4. The van der Waals surface area contributed by atoms with Gasteiger partial charge in [-0.2, -0.15) is 4.31 Å². The molecule has 5 nitrogen and oxygen atoms in total. The van der Waals surface area contributed by atoms with E-state index in [1.165, 1.54) is 25.2 Å². The quantitative estimate of drug-likeness (QED) is 0.816. The van der Waals surface area contributed by atoms with E-state index >= 15 is 0 Å². The molecule has 0 amide bonds. The van der Waals surface area contributed by atoms with E-state index in [1.54, 1.807) is 0 Å². The summed E-state index contributed by atoms with van der Waals surface area (Å²) in [5, 5.41) is 0. The molecule has 1 saturated heterocycles. The molecule has 18 heavy (non-hydrogen) atoms. The highest BCUT2D eigenvalue weighted by molar-refractivity contribution is 7.89. The zero-order valence-electron chi connectivity index (χ0n) is 9.87. The third kappa shape index (κ3) is 2.69. The van der Waals surface area contributed by atoms with Crippen LogP contribution in [-0.2, 0) is 19.5 Å². The summed E-state index contributed by atoms with van der Waals surface area (Å²) in [6.45, 7) is 0.924. The van der Waals surface area contributed by atoms with Crippen molar-refractivity contribution in [2.24, 2.45) is 0 Å². The minimum absolute atomic E-state index is 0.0384. The fourth-order valence-electron chi connectivity index (χ4n) is 1.64. The fourth-order valence-corrected chi connectivity index (χ4v) is 2.86. The smallest absolute Gasteiger partial charge is 0.245 e. The first-order valence-electron chi connectivity index (χ1n) is 5.46. The van der Waals surface area contributed by atoms with Crippen molar-refractivity contribution >= 4 is 10.0 Å². The highest BCUT2D eigenvalue weighted by Crippen LogP contribution is 2.19. The van der Waals surface area contributed by atoms with Crippen LogP contribution in [-0.4, -0.2) is 45.8 Å². The summed E-state index contributed by atoms with van der Waals surface area (Å²) in [6.07, 6.45) is -0.587. The lowest BCUT2D eigenvalue weighted by Crippen LogP contribution is -2.35. The van der Waals surface area contributed by atoms with Crippen molar-refractivity contribution < 1.29 is 22.3 Å². The zero-order valence-corrected chi connectivity index (χ0v) is 10.7. The number of halogens is 1. The summed E-state index contributed by atoms with van der Waals surface area (Å²) in [7, 11) is -2.49. The van der Waals surface area contributed by atoms with Crippen LogP contribution in [0.5, 0.6) is 0 Å². The van der Waals surface area contributed by atoms with Gasteiger partial charge in [-0.25, -0.2) is 12.8 Å². The van der Waals surface area contributed by atoms with Crippen molar-refractivity contribution in [3.63, 3.8) is 0 Å². The SMILES string of the molecule is CN(CC1OCCO1)S(=O)(=O)c1ccccc1F. The molecular formula is C11H14FNO4S. The molecule has 1 fully saturated rings. The monoisotopic (exact) mass is 275 g/mol. The van der Waals surface area contributed by atoms with Gasteiger partial charge in [-0.1, -0.05) is 12.1 Å². The predicted octanol–water partition coefficient (Wildman–Crippen LogP) is 0.819. The minimum Gasteiger partial charge on any atom is -0.349 e. The van der Waals surface area contributed by atoms with Gasteiger partial charge in [0.05, 0.1) is 19.8 Å². The largest absolute Gasteiger partial charge is 0.349 e. The molecule has 0 unspecified atom stereocenters. The minimum atomic E-state index is -3.86. The Morgan fingerprint density at radius 1 is 1.33 bits per heavy atom. The molecule has 1 aromatic carbocycles. The van der Waals surface area contributed by atoms with Crippen molar-refractivity contribution in [3.8, 4) is 0 Å². The van der Waals surface area contributed by atoms with Crippen LogP contribution in [0.1, 0.15) is 0 Å². The van der Waals surface area contributed by atoms with E-state index in [0.717, 1.165) is 10.4 Å². The van der Waals surface area contributed by atoms with Gasteiger partial charge in [0.15, 0.2) is 6.29 Å². The molecule has 100 valence electrons. The Morgan fingerprint density at radius 3 is 2.56 bits per heavy atom. The van der Waals surface area contributed by atoms with Crippen molar-refractivity contribution in [2.45, 2.75) is 11.2 Å². The van der Waals surface area contributed by atoms with Crippen LogP contribution in [0.4, 0.5) is 4.39 Å². The maximum atomic E-state index is 13.5. The van der Waals surface area contributed by atoms with Crippen LogP contribution >= 0.6 is 0 Å². The zero-order chi connectivity index (χ0) is 13.2.